The summed E-state index contributed by atoms with van der Waals surface area (Å²) in [7, 11) is 1.73. The Balaban J connectivity index is 1.42. The first-order valence-corrected chi connectivity index (χ1v) is 10.4. The Bertz CT molecular complexity index is 1000. The summed E-state index contributed by atoms with van der Waals surface area (Å²) in [5.74, 6) is 0.609. The molecule has 2 aromatic carbocycles. The fraction of sp³-hybridized carbons (Fsp3) is 0.348. The highest BCUT2D eigenvalue weighted by Crippen LogP contribution is 2.33. The van der Waals surface area contributed by atoms with Gasteiger partial charge in [0.15, 0.2) is 12.2 Å². The molecule has 3 aliphatic rings. The Hall–Kier alpha value is -3.35. The predicted molar refractivity (Wildman–Crippen MR) is 115 cm³/mol. The first-order chi connectivity index (χ1) is 14.6. The zero-order chi connectivity index (χ0) is 20.8. The third-order valence-electron chi connectivity index (χ3n) is 6.22. The summed E-state index contributed by atoms with van der Waals surface area (Å²) < 4.78 is 0. The van der Waals surface area contributed by atoms with Gasteiger partial charge in [-0.2, -0.15) is 0 Å². The Labute approximate surface area is 176 Å². The van der Waals surface area contributed by atoms with E-state index in [0.29, 0.717) is 6.54 Å². The van der Waals surface area contributed by atoms with Gasteiger partial charge in [-0.15, -0.1) is 0 Å². The van der Waals surface area contributed by atoms with E-state index in [1.54, 1.807) is 11.9 Å². The maximum Gasteiger partial charge on any atom is 0.328 e. The maximum atomic E-state index is 13.4. The van der Waals surface area contributed by atoms with Crippen molar-refractivity contribution in [3.8, 4) is 0 Å². The number of rotatable bonds is 4. The van der Waals surface area contributed by atoms with E-state index in [0.717, 1.165) is 30.2 Å². The molecular weight excluding hydrogens is 378 g/mol. The molecular formula is C23H25N5O2. The number of hydrogen-bond donors (Lipinski definition) is 0. The van der Waals surface area contributed by atoms with Crippen LogP contribution in [0.1, 0.15) is 18.1 Å². The van der Waals surface area contributed by atoms with Crippen molar-refractivity contribution in [1.82, 2.24) is 14.7 Å². The average molecular weight is 403 g/mol. The van der Waals surface area contributed by atoms with Crippen molar-refractivity contribution in [1.29, 1.82) is 0 Å². The number of benzene rings is 2. The van der Waals surface area contributed by atoms with Crippen molar-refractivity contribution in [2.45, 2.75) is 32.1 Å². The quantitative estimate of drug-likeness (QED) is 0.787. The molecule has 2 atom stereocenters. The van der Waals surface area contributed by atoms with Gasteiger partial charge in [0.1, 0.15) is 0 Å². The molecule has 154 valence electrons. The second-order valence-corrected chi connectivity index (χ2v) is 7.96. The summed E-state index contributed by atoms with van der Waals surface area (Å²) in [6, 6.07) is 17.3. The number of fused-ring (bicyclic) bond motifs is 3. The molecule has 0 aromatic heterocycles. The molecule has 3 heterocycles. The van der Waals surface area contributed by atoms with Crippen LogP contribution in [0.3, 0.4) is 0 Å². The van der Waals surface area contributed by atoms with Crippen molar-refractivity contribution < 1.29 is 9.59 Å². The van der Waals surface area contributed by atoms with E-state index in [1.807, 2.05) is 30.3 Å². The molecule has 2 saturated heterocycles. The van der Waals surface area contributed by atoms with Crippen LogP contribution in [0.2, 0.25) is 0 Å². The second-order valence-electron chi connectivity index (χ2n) is 7.96. The summed E-state index contributed by atoms with van der Waals surface area (Å²) in [5.41, 5.74) is 3.29. The zero-order valence-corrected chi connectivity index (χ0v) is 17.2. The van der Waals surface area contributed by atoms with Gasteiger partial charge in [0, 0.05) is 25.8 Å². The number of hydrogen-bond acceptors (Lipinski definition) is 5. The first-order valence-electron chi connectivity index (χ1n) is 10.4. The number of carbonyl (C=O) groups is 2. The van der Waals surface area contributed by atoms with Gasteiger partial charge in [0.05, 0.1) is 6.54 Å². The average Bonchev–Trinajstić information content (AvgIpc) is 3.35. The number of urea groups is 1. The number of guanidine groups is 1. The van der Waals surface area contributed by atoms with Gasteiger partial charge < -0.3 is 14.7 Å². The SMILES string of the molecule is CCc1ccc(N2CCN3C2=NC2C3C(=O)N(Cc3ccccc3)C(=O)N2C)cc1. The monoisotopic (exact) mass is 403 g/mol. The lowest BCUT2D eigenvalue weighted by molar-refractivity contribution is -0.137. The molecule has 0 aliphatic carbocycles. The van der Waals surface area contributed by atoms with Crippen LogP contribution in [0, 0.1) is 0 Å². The van der Waals surface area contributed by atoms with E-state index in [1.165, 1.54) is 10.5 Å². The van der Waals surface area contributed by atoms with Crippen LogP contribution < -0.4 is 4.90 Å². The predicted octanol–water partition coefficient (Wildman–Crippen LogP) is 2.53. The highest BCUT2D eigenvalue weighted by molar-refractivity contribution is 6.07. The summed E-state index contributed by atoms with van der Waals surface area (Å²) >= 11 is 0. The van der Waals surface area contributed by atoms with Gasteiger partial charge in [-0.3, -0.25) is 9.69 Å². The Morgan fingerprint density at radius 1 is 0.967 bits per heavy atom. The van der Waals surface area contributed by atoms with Crippen LogP contribution in [0.25, 0.3) is 0 Å². The summed E-state index contributed by atoms with van der Waals surface area (Å²) in [4.78, 5) is 38.3. The fourth-order valence-electron chi connectivity index (χ4n) is 4.50. The molecule has 3 amide bonds. The molecule has 0 spiro atoms. The summed E-state index contributed by atoms with van der Waals surface area (Å²) in [6.07, 6.45) is 0.514. The molecule has 30 heavy (non-hydrogen) atoms. The molecule has 3 aliphatic heterocycles. The lowest BCUT2D eigenvalue weighted by Gasteiger charge is -2.40. The molecule has 7 nitrogen and oxygen atoms in total. The van der Waals surface area contributed by atoms with Crippen molar-refractivity contribution in [3.05, 3.63) is 65.7 Å². The number of carbonyl (C=O) groups excluding carboxylic acids is 2. The van der Waals surface area contributed by atoms with Crippen molar-refractivity contribution in [2.24, 2.45) is 4.99 Å². The van der Waals surface area contributed by atoms with Gasteiger partial charge in [0.2, 0.25) is 5.96 Å². The van der Waals surface area contributed by atoms with E-state index < -0.39 is 12.2 Å². The highest BCUT2D eigenvalue weighted by atomic mass is 16.2. The number of nitrogens with zero attached hydrogens (tertiary/aromatic N) is 5. The van der Waals surface area contributed by atoms with Gasteiger partial charge >= 0.3 is 6.03 Å². The number of likely N-dealkylation sites (N-methyl/N-ethyl adjacent to an activating group) is 1. The van der Waals surface area contributed by atoms with Gasteiger partial charge in [-0.25, -0.2) is 9.79 Å². The van der Waals surface area contributed by atoms with E-state index in [4.69, 9.17) is 4.99 Å². The minimum absolute atomic E-state index is 0.172. The van der Waals surface area contributed by atoms with Crippen LogP contribution in [0.4, 0.5) is 10.5 Å². The number of imide groups is 1. The van der Waals surface area contributed by atoms with Crippen LogP contribution >= 0.6 is 0 Å². The van der Waals surface area contributed by atoms with E-state index in [-0.39, 0.29) is 18.5 Å². The second kappa shape index (κ2) is 7.16. The van der Waals surface area contributed by atoms with E-state index in [2.05, 4.69) is 41.0 Å². The van der Waals surface area contributed by atoms with Crippen LogP contribution in [-0.2, 0) is 17.8 Å². The van der Waals surface area contributed by atoms with Gasteiger partial charge in [-0.1, -0.05) is 49.4 Å². The topological polar surface area (TPSA) is 59.5 Å². The van der Waals surface area contributed by atoms with Crippen molar-refractivity contribution in [2.75, 3.05) is 25.0 Å². The number of aryl methyl sites for hydroxylation is 1. The highest BCUT2D eigenvalue weighted by Gasteiger charge is 2.54. The third-order valence-corrected chi connectivity index (χ3v) is 6.22. The maximum absolute atomic E-state index is 13.4. The molecule has 0 bridgehead atoms. The molecule has 2 fully saturated rings. The Morgan fingerprint density at radius 3 is 2.40 bits per heavy atom. The van der Waals surface area contributed by atoms with Gasteiger partial charge in [-0.05, 0) is 29.7 Å². The van der Waals surface area contributed by atoms with Crippen LogP contribution in [-0.4, -0.2) is 64.9 Å². The fourth-order valence-corrected chi connectivity index (χ4v) is 4.50. The zero-order valence-electron chi connectivity index (χ0n) is 17.2. The summed E-state index contributed by atoms with van der Waals surface area (Å²) in [5, 5.41) is 0. The first kappa shape index (κ1) is 18.7. The minimum Gasteiger partial charge on any atom is -0.325 e. The molecule has 0 N–H and O–H groups in total. The van der Waals surface area contributed by atoms with Gasteiger partial charge in [0.25, 0.3) is 5.91 Å². The molecule has 0 radical (unpaired) electrons. The van der Waals surface area contributed by atoms with E-state index in [9.17, 15) is 9.59 Å². The van der Waals surface area contributed by atoms with Crippen molar-refractivity contribution >= 4 is 23.6 Å². The largest absolute Gasteiger partial charge is 0.328 e. The molecule has 0 saturated carbocycles. The Morgan fingerprint density at radius 2 is 1.70 bits per heavy atom. The smallest absolute Gasteiger partial charge is 0.325 e. The number of anilines is 1. The Kier molecular flexibility index (Phi) is 4.46. The third kappa shape index (κ3) is 2.84. The summed E-state index contributed by atoms with van der Waals surface area (Å²) in [6.45, 7) is 3.90. The lowest BCUT2D eigenvalue weighted by atomic mass is 10.1. The normalized spacial score (nSPS) is 23.1. The molecule has 2 unspecified atom stereocenters. The standard InChI is InChI=1S/C23H25N5O2/c1-3-16-9-11-18(12-10-16)26-13-14-27-19-20(24-22(26)27)25(2)23(30)28(21(19)29)15-17-7-5-4-6-8-17/h4-12,19-20H,3,13-15H2,1-2H3. The molecule has 5 rings (SSSR count). The van der Waals surface area contributed by atoms with Crippen LogP contribution in [0.15, 0.2) is 59.6 Å². The lowest BCUT2D eigenvalue weighted by Crippen LogP contribution is -2.64. The number of amides is 3. The van der Waals surface area contributed by atoms with Crippen LogP contribution in [0.5, 0.6) is 0 Å². The molecule has 7 heteroatoms. The molecule has 2 aromatic rings. The number of aliphatic imine (C=N–C) groups is 1. The minimum atomic E-state index is -0.482. The van der Waals surface area contributed by atoms with Crippen molar-refractivity contribution in [3.63, 3.8) is 0 Å². The van der Waals surface area contributed by atoms with E-state index >= 15 is 0 Å².